The smallest absolute Gasteiger partial charge is 0.0499 e. The van der Waals surface area contributed by atoms with Crippen LogP contribution in [0.25, 0.3) is 5.70 Å². The van der Waals surface area contributed by atoms with E-state index in [9.17, 15) is 0 Å². The Morgan fingerprint density at radius 1 is 1.09 bits per heavy atom. The summed E-state index contributed by atoms with van der Waals surface area (Å²) in [5.41, 5.74) is 5.05. The highest BCUT2D eigenvalue weighted by Crippen LogP contribution is 2.25. The molecule has 0 fully saturated rings. The predicted octanol–water partition coefficient (Wildman–Crippen LogP) is 6.94. The van der Waals surface area contributed by atoms with Crippen molar-refractivity contribution in [2.75, 3.05) is 0 Å². The van der Waals surface area contributed by atoms with Gasteiger partial charge in [0.2, 0.25) is 0 Å². The first-order chi connectivity index (χ1) is 10.6. The van der Waals surface area contributed by atoms with E-state index in [4.69, 9.17) is 11.6 Å². The molecule has 2 heteroatoms. The first kappa shape index (κ1) is 18.8. The van der Waals surface area contributed by atoms with Crippen molar-refractivity contribution >= 4 is 17.3 Å². The van der Waals surface area contributed by atoms with Crippen LogP contribution in [-0.4, -0.2) is 0 Å². The van der Waals surface area contributed by atoms with Crippen LogP contribution in [0.3, 0.4) is 0 Å². The lowest BCUT2D eigenvalue weighted by molar-refractivity contribution is 0.735. The maximum atomic E-state index is 6.39. The van der Waals surface area contributed by atoms with Crippen LogP contribution in [0.5, 0.6) is 0 Å². The van der Waals surface area contributed by atoms with Gasteiger partial charge in [0.15, 0.2) is 0 Å². The molecule has 0 aliphatic carbocycles. The van der Waals surface area contributed by atoms with Gasteiger partial charge >= 0.3 is 0 Å². The molecule has 0 heterocycles. The van der Waals surface area contributed by atoms with Crippen molar-refractivity contribution in [1.29, 1.82) is 0 Å². The van der Waals surface area contributed by atoms with Crippen molar-refractivity contribution in [3.63, 3.8) is 0 Å². The Morgan fingerprint density at radius 3 is 2.41 bits per heavy atom. The van der Waals surface area contributed by atoms with E-state index >= 15 is 0 Å². The summed E-state index contributed by atoms with van der Waals surface area (Å²) < 4.78 is 0. The van der Waals surface area contributed by atoms with Crippen LogP contribution in [0.15, 0.2) is 41.6 Å². The van der Waals surface area contributed by atoms with Gasteiger partial charge in [-0.25, -0.2) is 0 Å². The van der Waals surface area contributed by atoms with Crippen molar-refractivity contribution in [1.82, 2.24) is 5.32 Å². The number of allylic oxidation sites excluding steroid dienone is 3. The second-order valence-corrected chi connectivity index (χ2v) is 6.15. The second-order valence-electron chi connectivity index (χ2n) is 5.74. The molecule has 0 amide bonds. The third-order valence-corrected chi connectivity index (χ3v) is 4.11. The highest BCUT2D eigenvalue weighted by atomic mass is 35.5. The Balaban J connectivity index is 3.08. The largest absolute Gasteiger partial charge is 0.359 e. The van der Waals surface area contributed by atoms with E-state index in [0.29, 0.717) is 0 Å². The van der Waals surface area contributed by atoms with Gasteiger partial charge in [-0.3, -0.25) is 0 Å². The Labute approximate surface area is 141 Å². The van der Waals surface area contributed by atoms with Crippen LogP contribution in [0.2, 0.25) is 5.02 Å². The van der Waals surface area contributed by atoms with Crippen LogP contribution < -0.4 is 5.32 Å². The van der Waals surface area contributed by atoms with Gasteiger partial charge in [-0.15, -0.1) is 0 Å². The first-order valence-corrected chi connectivity index (χ1v) is 8.92. The standard InChI is InChI=1S/C20H30ClN/c1-5-8-15-19(16(4)11-6-2)22-20(12-7-3)17-13-9-10-14-18(17)21/h9-10,12-14,22H,5-8,11,15H2,1-4H3/b19-16+,20-12+. The Hall–Kier alpha value is -1.21. The quantitative estimate of drug-likeness (QED) is 0.519. The van der Waals surface area contributed by atoms with Crippen molar-refractivity contribution < 1.29 is 0 Å². The summed E-state index contributed by atoms with van der Waals surface area (Å²) in [5.74, 6) is 0. The van der Waals surface area contributed by atoms with Crippen LogP contribution in [0.1, 0.15) is 71.8 Å². The third kappa shape index (κ3) is 5.88. The minimum Gasteiger partial charge on any atom is -0.359 e. The maximum Gasteiger partial charge on any atom is 0.0499 e. The van der Waals surface area contributed by atoms with E-state index in [-0.39, 0.29) is 0 Å². The molecule has 0 aliphatic rings. The van der Waals surface area contributed by atoms with E-state index in [1.54, 1.807) is 0 Å². The van der Waals surface area contributed by atoms with Gasteiger partial charge in [0.05, 0.1) is 0 Å². The molecule has 0 bridgehead atoms. The Kier molecular flexibility index (Phi) is 9.00. The lowest BCUT2D eigenvalue weighted by atomic mass is 10.0. The molecule has 0 aromatic heterocycles. The zero-order chi connectivity index (χ0) is 16.4. The summed E-state index contributed by atoms with van der Waals surface area (Å²) in [6.07, 6.45) is 9.08. The summed E-state index contributed by atoms with van der Waals surface area (Å²) in [5, 5.41) is 4.49. The lowest BCUT2D eigenvalue weighted by Crippen LogP contribution is -2.14. The van der Waals surface area contributed by atoms with E-state index < -0.39 is 0 Å². The van der Waals surface area contributed by atoms with Crippen molar-refractivity contribution in [2.45, 2.75) is 66.2 Å². The van der Waals surface area contributed by atoms with Crippen molar-refractivity contribution in [3.8, 4) is 0 Å². The van der Waals surface area contributed by atoms with Gasteiger partial charge in [-0.1, -0.05) is 75.1 Å². The number of hydrogen-bond acceptors (Lipinski definition) is 1. The fourth-order valence-electron chi connectivity index (χ4n) is 2.54. The summed E-state index contributed by atoms with van der Waals surface area (Å²) in [6.45, 7) is 8.88. The number of benzene rings is 1. The molecule has 1 aromatic rings. The molecule has 0 aliphatic heterocycles. The van der Waals surface area contributed by atoms with Crippen LogP contribution >= 0.6 is 11.6 Å². The second kappa shape index (κ2) is 10.5. The van der Waals surface area contributed by atoms with Gasteiger partial charge in [0.25, 0.3) is 0 Å². The first-order valence-electron chi connectivity index (χ1n) is 8.54. The summed E-state index contributed by atoms with van der Waals surface area (Å²) >= 11 is 6.39. The van der Waals surface area contributed by atoms with Gasteiger partial charge in [-0.2, -0.15) is 0 Å². The van der Waals surface area contributed by atoms with E-state index in [0.717, 1.165) is 35.5 Å². The third-order valence-electron chi connectivity index (χ3n) is 3.78. The molecule has 0 radical (unpaired) electrons. The van der Waals surface area contributed by atoms with Crippen LogP contribution in [-0.2, 0) is 0 Å². The molecule has 1 nitrogen and oxygen atoms in total. The Morgan fingerprint density at radius 2 is 1.82 bits per heavy atom. The van der Waals surface area contributed by atoms with Crippen LogP contribution in [0, 0.1) is 0 Å². The zero-order valence-electron chi connectivity index (χ0n) is 14.5. The summed E-state index contributed by atoms with van der Waals surface area (Å²) in [6, 6.07) is 8.06. The van der Waals surface area contributed by atoms with E-state index in [2.05, 4.69) is 45.2 Å². The van der Waals surface area contributed by atoms with E-state index in [1.807, 2.05) is 18.2 Å². The van der Waals surface area contributed by atoms with Crippen molar-refractivity contribution in [2.24, 2.45) is 0 Å². The highest BCUT2D eigenvalue weighted by molar-refractivity contribution is 6.32. The molecule has 0 spiro atoms. The maximum absolute atomic E-state index is 6.39. The normalized spacial score (nSPS) is 13.0. The molecule has 0 saturated carbocycles. The monoisotopic (exact) mass is 319 g/mol. The van der Waals surface area contributed by atoms with E-state index in [1.165, 1.54) is 30.5 Å². The molecule has 0 atom stereocenters. The number of rotatable bonds is 9. The molecule has 0 unspecified atom stereocenters. The number of unbranched alkanes of at least 4 members (excludes halogenated alkanes) is 1. The van der Waals surface area contributed by atoms with Gasteiger partial charge in [-0.05, 0) is 38.7 Å². The van der Waals surface area contributed by atoms with Crippen molar-refractivity contribution in [3.05, 3.63) is 52.2 Å². The number of nitrogens with one attached hydrogen (secondary N) is 1. The predicted molar refractivity (Wildman–Crippen MR) is 100.0 cm³/mol. The minimum absolute atomic E-state index is 0.803. The lowest BCUT2D eigenvalue weighted by Gasteiger charge is -2.19. The minimum atomic E-state index is 0.803. The van der Waals surface area contributed by atoms with Gasteiger partial charge < -0.3 is 5.32 Å². The average molecular weight is 320 g/mol. The summed E-state index contributed by atoms with van der Waals surface area (Å²) in [7, 11) is 0. The average Bonchev–Trinajstić information content (AvgIpc) is 2.51. The SMILES string of the molecule is CC/C=C(/N/C(CCCC)=C(\C)CCC)c1ccccc1Cl. The molecule has 1 N–H and O–H groups in total. The fourth-order valence-corrected chi connectivity index (χ4v) is 2.77. The topological polar surface area (TPSA) is 12.0 Å². The number of halogens is 1. The van der Waals surface area contributed by atoms with Gasteiger partial charge in [0.1, 0.15) is 0 Å². The molecular formula is C20H30ClN. The molecular weight excluding hydrogens is 290 g/mol. The Bertz CT molecular complexity index is 514. The zero-order valence-corrected chi connectivity index (χ0v) is 15.3. The molecule has 1 rings (SSSR count). The molecule has 0 saturated heterocycles. The van der Waals surface area contributed by atoms with Gasteiger partial charge in [0, 0.05) is 22.0 Å². The summed E-state index contributed by atoms with van der Waals surface area (Å²) in [4.78, 5) is 0. The molecule has 22 heavy (non-hydrogen) atoms. The molecule has 1 aromatic carbocycles. The molecule has 122 valence electrons. The number of hydrogen-bond donors (Lipinski definition) is 1. The van der Waals surface area contributed by atoms with Crippen LogP contribution in [0.4, 0.5) is 0 Å². The fraction of sp³-hybridized carbons (Fsp3) is 0.500. The highest BCUT2D eigenvalue weighted by Gasteiger charge is 2.09.